The second-order valence-electron chi connectivity index (χ2n) is 9.48. The number of benzene rings is 5. The van der Waals surface area contributed by atoms with Crippen LogP contribution in [0, 0.1) is 13.8 Å². The smallest absolute Gasteiger partial charge is 0.0619 e. The zero-order valence-electron chi connectivity index (χ0n) is 18.9. The standard InChI is InChI=1S/C33H24/c1-21-16-18-31-28(19-21)24-10-4-3-9-23(24)25-11-5-7-13-29(25)33(31)30-14-8-6-12-26(30)27-17-15-22(2)20-32(27)33/h3-20H,1-2H3. The van der Waals surface area contributed by atoms with Crippen LogP contribution in [0.5, 0.6) is 0 Å². The number of aryl methyl sites for hydroxylation is 2. The van der Waals surface area contributed by atoms with Crippen LogP contribution >= 0.6 is 0 Å². The molecule has 0 heteroatoms. The van der Waals surface area contributed by atoms with Gasteiger partial charge in [-0.2, -0.15) is 0 Å². The summed E-state index contributed by atoms with van der Waals surface area (Å²) in [6, 6.07) is 41.1. The molecule has 0 heterocycles. The van der Waals surface area contributed by atoms with Gasteiger partial charge >= 0.3 is 0 Å². The fourth-order valence-electron chi connectivity index (χ4n) is 6.32. The molecule has 5 aromatic carbocycles. The average Bonchev–Trinajstić information content (AvgIpc) is 3.08. The highest BCUT2D eigenvalue weighted by molar-refractivity contribution is 5.97. The molecule has 0 aromatic heterocycles. The Bertz CT molecular complexity index is 1590. The lowest BCUT2D eigenvalue weighted by Gasteiger charge is -2.35. The van der Waals surface area contributed by atoms with Crippen molar-refractivity contribution in [3.63, 3.8) is 0 Å². The van der Waals surface area contributed by atoms with Gasteiger partial charge in [-0.15, -0.1) is 0 Å². The molecule has 0 nitrogen and oxygen atoms in total. The van der Waals surface area contributed by atoms with Crippen molar-refractivity contribution in [2.75, 3.05) is 0 Å². The van der Waals surface area contributed by atoms with Gasteiger partial charge in [0.25, 0.3) is 0 Å². The van der Waals surface area contributed by atoms with Crippen LogP contribution in [0.25, 0.3) is 33.4 Å². The lowest BCUT2D eigenvalue weighted by Crippen LogP contribution is -2.29. The molecule has 7 rings (SSSR count). The predicted molar refractivity (Wildman–Crippen MR) is 138 cm³/mol. The first kappa shape index (κ1) is 18.7. The maximum atomic E-state index is 2.42. The molecule has 0 N–H and O–H groups in total. The Morgan fingerprint density at radius 1 is 0.364 bits per heavy atom. The molecule has 0 saturated carbocycles. The van der Waals surface area contributed by atoms with Crippen LogP contribution in [0.1, 0.15) is 33.4 Å². The summed E-state index contributed by atoms with van der Waals surface area (Å²) in [6.45, 7) is 4.42. The van der Waals surface area contributed by atoms with E-state index < -0.39 is 0 Å². The third-order valence-corrected chi connectivity index (χ3v) is 7.62. The highest BCUT2D eigenvalue weighted by Gasteiger charge is 2.49. The molecule has 156 valence electrons. The minimum absolute atomic E-state index is 0.351. The maximum absolute atomic E-state index is 2.42. The lowest BCUT2D eigenvalue weighted by atomic mass is 9.65. The van der Waals surface area contributed by atoms with Crippen LogP contribution in [0.15, 0.2) is 109 Å². The Morgan fingerprint density at radius 2 is 0.818 bits per heavy atom. The second kappa shape index (κ2) is 6.56. The molecular formula is C33H24. The van der Waals surface area contributed by atoms with Gasteiger partial charge in [-0.05, 0) is 69.5 Å². The maximum Gasteiger partial charge on any atom is 0.0725 e. The van der Waals surface area contributed by atoms with Crippen molar-refractivity contribution in [3.8, 4) is 33.4 Å². The Balaban J connectivity index is 1.78. The molecule has 0 radical (unpaired) electrons. The van der Waals surface area contributed by atoms with Gasteiger partial charge in [0.05, 0.1) is 5.41 Å². The first-order valence-corrected chi connectivity index (χ1v) is 11.7. The summed E-state index contributed by atoms with van der Waals surface area (Å²) in [6.07, 6.45) is 0. The zero-order valence-corrected chi connectivity index (χ0v) is 18.9. The van der Waals surface area contributed by atoms with E-state index in [2.05, 4.69) is 123 Å². The van der Waals surface area contributed by atoms with E-state index in [1.165, 1.54) is 66.8 Å². The van der Waals surface area contributed by atoms with Gasteiger partial charge < -0.3 is 0 Å². The molecule has 2 aliphatic carbocycles. The fraction of sp³-hybridized carbons (Fsp3) is 0.0909. The highest BCUT2D eigenvalue weighted by Crippen LogP contribution is 2.61. The first-order chi connectivity index (χ1) is 16.2. The van der Waals surface area contributed by atoms with Gasteiger partial charge in [-0.1, -0.05) is 120 Å². The zero-order chi connectivity index (χ0) is 22.2. The van der Waals surface area contributed by atoms with Crippen LogP contribution in [0.2, 0.25) is 0 Å². The van der Waals surface area contributed by atoms with Crippen molar-refractivity contribution in [1.29, 1.82) is 0 Å². The Morgan fingerprint density at radius 3 is 1.52 bits per heavy atom. The molecule has 5 aromatic rings. The predicted octanol–water partition coefficient (Wildman–Crippen LogP) is 8.31. The number of fused-ring (bicyclic) bond motifs is 12. The molecule has 1 atom stereocenters. The third kappa shape index (κ3) is 2.31. The highest BCUT2D eigenvalue weighted by atomic mass is 14.5. The van der Waals surface area contributed by atoms with Gasteiger partial charge in [-0.3, -0.25) is 0 Å². The van der Waals surface area contributed by atoms with Crippen LogP contribution in [-0.2, 0) is 5.41 Å². The van der Waals surface area contributed by atoms with Crippen molar-refractivity contribution in [3.05, 3.63) is 143 Å². The minimum Gasteiger partial charge on any atom is -0.0619 e. The van der Waals surface area contributed by atoms with Crippen LogP contribution in [0.4, 0.5) is 0 Å². The van der Waals surface area contributed by atoms with Crippen molar-refractivity contribution in [2.24, 2.45) is 0 Å². The third-order valence-electron chi connectivity index (χ3n) is 7.62. The van der Waals surface area contributed by atoms with Crippen LogP contribution in [0.3, 0.4) is 0 Å². The summed E-state index contributed by atoms with van der Waals surface area (Å²) in [5, 5.41) is 0. The SMILES string of the molecule is Cc1ccc2c(c1)-c1ccccc1-c1ccccc1C21c2ccccc2-c2ccc(C)cc21. The summed E-state index contributed by atoms with van der Waals surface area (Å²) in [4.78, 5) is 0. The van der Waals surface area contributed by atoms with Crippen molar-refractivity contribution in [2.45, 2.75) is 19.3 Å². The van der Waals surface area contributed by atoms with Crippen molar-refractivity contribution >= 4 is 0 Å². The summed E-state index contributed by atoms with van der Waals surface area (Å²) in [7, 11) is 0. The molecule has 1 unspecified atom stereocenters. The molecular weight excluding hydrogens is 396 g/mol. The summed E-state index contributed by atoms with van der Waals surface area (Å²) >= 11 is 0. The Kier molecular flexibility index (Phi) is 3.71. The monoisotopic (exact) mass is 420 g/mol. The van der Waals surface area contributed by atoms with E-state index >= 15 is 0 Å². The largest absolute Gasteiger partial charge is 0.0725 e. The van der Waals surface area contributed by atoms with Crippen LogP contribution < -0.4 is 0 Å². The van der Waals surface area contributed by atoms with Gasteiger partial charge in [-0.25, -0.2) is 0 Å². The molecule has 33 heavy (non-hydrogen) atoms. The van der Waals surface area contributed by atoms with Crippen molar-refractivity contribution < 1.29 is 0 Å². The average molecular weight is 421 g/mol. The Hall–Kier alpha value is -3.90. The Labute approximate surface area is 195 Å². The lowest BCUT2D eigenvalue weighted by molar-refractivity contribution is 0.774. The minimum atomic E-state index is -0.351. The van der Waals surface area contributed by atoms with Crippen molar-refractivity contribution in [1.82, 2.24) is 0 Å². The molecule has 0 aliphatic heterocycles. The molecule has 0 bridgehead atoms. The van der Waals surface area contributed by atoms with E-state index in [-0.39, 0.29) is 5.41 Å². The molecule has 0 fully saturated rings. The van der Waals surface area contributed by atoms with E-state index in [0.29, 0.717) is 0 Å². The second-order valence-corrected chi connectivity index (χ2v) is 9.48. The first-order valence-electron chi connectivity index (χ1n) is 11.7. The molecule has 0 saturated heterocycles. The van der Waals surface area contributed by atoms with E-state index in [1.807, 2.05) is 0 Å². The van der Waals surface area contributed by atoms with Gasteiger partial charge in [0.1, 0.15) is 0 Å². The molecule has 1 spiro atoms. The quantitative estimate of drug-likeness (QED) is 0.231. The number of rotatable bonds is 0. The summed E-state index contributed by atoms with van der Waals surface area (Å²) < 4.78 is 0. The topological polar surface area (TPSA) is 0 Å². The van der Waals surface area contributed by atoms with E-state index in [9.17, 15) is 0 Å². The number of hydrogen-bond acceptors (Lipinski definition) is 0. The van der Waals surface area contributed by atoms with Gasteiger partial charge in [0.15, 0.2) is 0 Å². The fourth-order valence-corrected chi connectivity index (χ4v) is 6.32. The van der Waals surface area contributed by atoms with Crippen LogP contribution in [-0.4, -0.2) is 0 Å². The van der Waals surface area contributed by atoms with E-state index in [4.69, 9.17) is 0 Å². The number of hydrogen-bond donors (Lipinski definition) is 0. The summed E-state index contributed by atoms with van der Waals surface area (Å²) in [5.41, 5.74) is 15.8. The summed E-state index contributed by atoms with van der Waals surface area (Å²) in [5.74, 6) is 0. The molecule has 0 amide bonds. The normalized spacial score (nSPS) is 16.9. The molecule has 2 aliphatic rings. The van der Waals surface area contributed by atoms with Gasteiger partial charge in [0, 0.05) is 0 Å². The van der Waals surface area contributed by atoms with Gasteiger partial charge in [0.2, 0.25) is 0 Å². The van der Waals surface area contributed by atoms with E-state index in [1.54, 1.807) is 0 Å². The van der Waals surface area contributed by atoms with E-state index in [0.717, 1.165) is 0 Å².